The summed E-state index contributed by atoms with van der Waals surface area (Å²) in [5, 5.41) is 34.3. The molecule has 148 valence electrons. The summed E-state index contributed by atoms with van der Waals surface area (Å²) in [6.45, 7) is -0.0163. The summed E-state index contributed by atoms with van der Waals surface area (Å²) >= 11 is 1.85. The molecule has 4 bridgehead atoms. The van der Waals surface area contributed by atoms with Crippen molar-refractivity contribution in [2.75, 3.05) is 0 Å². The van der Waals surface area contributed by atoms with Crippen LogP contribution in [0, 0.1) is 35.0 Å². The van der Waals surface area contributed by atoms with Crippen molar-refractivity contribution in [1.82, 2.24) is 4.57 Å². The van der Waals surface area contributed by atoms with E-state index in [1.54, 1.807) is 0 Å². The third-order valence-corrected chi connectivity index (χ3v) is 9.76. The number of thiophene rings is 1. The number of nitriles is 1. The van der Waals surface area contributed by atoms with E-state index in [-0.39, 0.29) is 23.7 Å². The van der Waals surface area contributed by atoms with Gasteiger partial charge in [-0.15, -0.1) is 11.3 Å². The molecule has 0 amide bonds. The second kappa shape index (κ2) is 5.29. The molecule has 6 aliphatic carbocycles. The molecule has 0 atom stereocenters. The van der Waals surface area contributed by atoms with Crippen molar-refractivity contribution < 1.29 is 10.2 Å². The largest absolute Gasteiger partial charge is 0.494 e. The predicted octanol–water partition coefficient (Wildman–Crippen LogP) is 5.14. The van der Waals surface area contributed by atoms with Crippen molar-refractivity contribution in [1.29, 1.82) is 5.26 Å². The molecule has 2 aromatic rings. The van der Waals surface area contributed by atoms with E-state index in [2.05, 4.69) is 17.5 Å². The monoisotopic (exact) mass is 404 g/mol. The number of fused-ring (bicyclic) bond motifs is 2. The van der Waals surface area contributed by atoms with Crippen LogP contribution >= 0.6 is 11.3 Å². The van der Waals surface area contributed by atoms with Crippen LogP contribution < -0.4 is 0 Å². The molecule has 4 nitrogen and oxygen atoms in total. The molecule has 0 saturated heterocycles. The zero-order chi connectivity index (χ0) is 19.5. The maximum atomic E-state index is 11.5. The highest BCUT2D eigenvalue weighted by molar-refractivity contribution is 7.10. The van der Waals surface area contributed by atoms with Gasteiger partial charge in [0.15, 0.2) is 5.88 Å². The molecule has 0 aromatic carbocycles. The van der Waals surface area contributed by atoms with Gasteiger partial charge in [0.2, 0.25) is 5.88 Å². The van der Waals surface area contributed by atoms with Crippen LogP contribution in [0.15, 0.2) is 17.0 Å². The molecule has 2 heterocycles. The van der Waals surface area contributed by atoms with Gasteiger partial charge >= 0.3 is 0 Å². The number of aromatic nitrogens is 1. The smallest absolute Gasteiger partial charge is 0.203 e. The topological polar surface area (TPSA) is 69.2 Å². The Morgan fingerprint density at radius 1 is 1.07 bits per heavy atom. The van der Waals surface area contributed by atoms with Gasteiger partial charge in [0.1, 0.15) is 6.54 Å². The summed E-state index contributed by atoms with van der Waals surface area (Å²) in [7, 11) is 0. The van der Waals surface area contributed by atoms with E-state index >= 15 is 0 Å². The number of rotatable bonds is 1. The van der Waals surface area contributed by atoms with Crippen molar-refractivity contribution in [2.45, 2.75) is 56.9 Å². The molecule has 0 radical (unpaired) electrons. The fourth-order valence-electron chi connectivity index (χ4n) is 7.90. The molecular formula is C24H24N2O2S. The third-order valence-electron chi connectivity index (χ3n) is 8.69. The minimum Gasteiger partial charge on any atom is -0.494 e. The highest BCUT2D eigenvalue weighted by atomic mass is 32.1. The van der Waals surface area contributed by atoms with Crippen LogP contribution in [0.25, 0.3) is 5.57 Å². The van der Waals surface area contributed by atoms with Gasteiger partial charge in [-0.05, 0) is 91.2 Å². The minimum atomic E-state index is -0.187. The summed E-state index contributed by atoms with van der Waals surface area (Å²) in [4.78, 5) is 1.43. The van der Waals surface area contributed by atoms with Crippen LogP contribution in [0.2, 0.25) is 0 Å². The molecule has 2 aromatic heterocycles. The Labute approximate surface area is 174 Å². The van der Waals surface area contributed by atoms with E-state index in [4.69, 9.17) is 0 Å². The molecule has 0 aliphatic heterocycles. The van der Waals surface area contributed by atoms with E-state index < -0.39 is 0 Å². The first kappa shape index (κ1) is 16.6. The number of allylic oxidation sites excluding steroid dienone is 1. The Balaban J connectivity index is 1.60. The Morgan fingerprint density at radius 2 is 1.76 bits per heavy atom. The third kappa shape index (κ3) is 1.81. The lowest BCUT2D eigenvalue weighted by molar-refractivity contribution is -0.0418. The fraction of sp³-hybridized carbons (Fsp3) is 0.542. The predicted molar refractivity (Wildman–Crippen MR) is 111 cm³/mol. The number of hydrogen-bond donors (Lipinski definition) is 2. The lowest BCUT2D eigenvalue weighted by atomic mass is 9.42. The van der Waals surface area contributed by atoms with Gasteiger partial charge in [-0.3, -0.25) is 4.57 Å². The average molecular weight is 405 g/mol. The lowest BCUT2D eigenvalue weighted by Gasteiger charge is -2.62. The van der Waals surface area contributed by atoms with Gasteiger partial charge < -0.3 is 10.2 Å². The molecule has 0 unspecified atom stereocenters. The summed E-state index contributed by atoms with van der Waals surface area (Å²) in [6, 6.07) is 4.38. The normalized spacial score (nSPS) is 35.7. The average Bonchev–Trinajstić information content (AvgIpc) is 3.36. The second-order valence-electron chi connectivity index (χ2n) is 9.96. The molecule has 5 saturated carbocycles. The van der Waals surface area contributed by atoms with Crippen molar-refractivity contribution in [3.05, 3.63) is 38.6 Å². The van der Waals surface area contributed by atoms with Crippen molar-refractivity contribution in [3.8, 4) is 17.8 Å². The highest BCUT2D eigenvalue weighted by Gasteiger charge is 2.63. The van der Waals surface area contributed by atoms with E-state index in [9.17, 15) is 15.5 Å². The summed E-state index contributed by atoms with van der Waals surface area (Å²) in [5.41, 5.74) is 5.46. The molecule has 8 rings (SSSR count). The first-order valence-electron chi connectivity index (χ1n) is 11.0. The van der Waals surface area contributed by atoms with Crippen LogP contribution in [-0.4, -0.2) is 14.8 Å². The van der Waals surface area contributed by atoms with E-state index in [1.807, 2.05) is 11.3 Å². The summed E-state index contributed by atoms with van der Waals surface area (Å²) < 4.78 is 1.46. The van der Waals surface area contributed by atoms with Gasteiger partial charge in [0.05, 0.1) is 11.6 Å². The second-order valence-corrected chi connectivity index (χ2v) is 10.9. The van der Waals surface area contributed by atoms with Crippen molar-refractivity contribution >= 4 is 16.9 Å². The van der Waals surface area contributed by atoms with Gasteiger partial charge in [0, 0.05) is 15.9 Å². The molecule has 5 fully saturated rings. The van der Waals surface area contributed by atoms with E-state index in [0.29, 0.717) is 11.8 Å². The maximum absolute atomic E-state index is 11.5. The van der Waals surface area contributed by atoms with Crippen LogP contribution in [0.4, 0.5) is 0 Å². The maximum Gasteiger partial charge on any atom is 0.203 e. The molecular weight excluding hydrogens is 380 g/mol. The zero-order valence-electron chi connectivity index (χ0n) is 16.3. The lowest BCUT2D eigenvalue weighted by Crippen LogP contribution is -2.57. The Morgan fingerprint density at radius 3 is 2.38 bits per heavy atom. The van der Waals surface area contributed by atoms with E-state index in [1.165, 1.54) is 52.7 Å². The minimum absolute atomic E-state index is 0.0163. The first-order chi connectivity index (χ1) is 14.1. The SMILES string of the molecule is N#CCn1c(O)c2c(c1O)C1(c3sccc3C2=C2CC2)C2CC3CC(C2)CC1C3. The first-order valence-corrected chi connectivity index (χ1v) is 11.8. The standard InChI is InChI=1S/C24H24N2O2S/c25-4-5-26-22(27)19-18(14-1-2-14)17-3-6-29-21(17)24(20(19)23(26)28)15-8-12-7-13(10-15)11-16(24)9-12/h3,6,12-13,15-16,27-28H,1-2,5,7-11H2. The molecule has 6 aliphatic rings. The van der Waals surface area contributed by atoms with E-state index in [0.717, 1.165) is 41.4 Å². The Kier molecular flexibility index (Phi) is 3.03. The van der Waals surface area contributed by atoms with Crippen LogP contribution in [-0.2, 0) is 12.0 Å². The van der Waals surface area contributed by atoms with Gasteiger partial charge in [-0.2, -0.15) is 5.26 Å². The van der Waals surface area contributed by atoms with Gasteiger partial charge in [-0.1, -0.05) is 5.57 Å². The number of aromatic hydroxyl groups is 2. The molecule has 1 spiro atoms. The van der Waals surface area contributed by atoms with Crippen molar-refractivity contribution in [2.24, 2.45) is 23.7 Å². The molecule has 5 heteroatoms. The van der Waals surface area contributed by atoms with Crippen LogP contribution in [0.5, 0.6) is 11.8 Å². The van der Waals surface area contributed by atoms with Gasteiger partial charge in [0.25, 0.3) is 0 Å². The molecule has 29 heavy (non-hydrogen) atoms. The van der Waals surface area contributed by atoms with Crippen LogP contribution in [0.3, 0.4) is 0 Å². The summed E-state index contributed by atoms with van der Waals surface area (Å²) in [6.07, 6.45) is 8.46. The molecule has 2 N–H and O–H groups in total. The Bertz CT molecular complexity index is 1110. The number of hydrogen-bond acceptors (Lipinski definition) is 4. The zero-order valence-corrected chi connectivity index (χ0v) is 17.1. The van der Waals surface area contributed by atoms with Gasteiger partial charge in [-0.25, -0.2) is 0 Å². The van der Waals surface area contributed by atoms with Crippen LogP contribution in [0.1, 0.15) is 66.5 Å². The highest BCUT2D eigenvalue weighted by Crippen LogP contribution is 2.71. The quantitative estimate of drug-likeness (QED) is 0.692. The Hall–Kier alpha value is -2.19. The fourth-order valence-corrected chi connectivity index (χ4v) is 9.17. The summed E-state index contributed by atoms with van der Waals surface area (Å²) in [5.74, 6) is 2.96. The number of nitrogens with zero attached hydrogens (tertiary/aromatic N) is 2. The van der Waals surface area contributed by atoms with Crippen molar-refractivity contribution in [3.63, 3.8) is 0 Å².